The summed E-state index contributed by atoms with van der Waals surface area (Å²) in [5.74, 6) is -0.438. The van der Waals surface area contributed by atoms with Gasteiger partial charge in [-0.25, -0.2) is 4.39 Å². The Balaban J connectivity index is 2.92. The lowest BCUT2D eigenvalue weighted by Crippen LogP contribution is -2.39. The molecule has 1 atom stereocenters. The number of hydrogen-bond acceptors (Lipinski definition) is 2. The summed E-state index contributed by atoms with van der Waals surface area (Å²) in [5, 5.41) is 0. The van der Waals surface area contributed by atoms with Crippen molar-refractivity contribution < 1.29 is 9.18 Å². The molecule has 0 saturated carbocycles. The number of nitrogens with zero attached hydrogens (tertiary/aromatic N) is 1. The van der Waals surface area contributed by atoms with Gasteiger partial charge in [-0.1, -0.05) is 0 Å². The highest BCUT2D eigenvalue weighted by Gasteiger charge is 2.16. The van der Waals surface area contributed by atoms with Crippen LogP contribution in [0.2, 0.25) is 0 Å². The van der Waals surface area contributed by atoms with Crippen LogP contribution in [0.25, 0.3) is 0 Å². The zero-order valence-corrected chi connectivity index (χ0v) is 9.83. The molecule has 0 saturated heterocycles. The molecule has 1 aromatic carbocycles. The number of likely N-dealkylation sites (N-methyl/N-ethyl adjacent to an activating group) is 1. The number of hydrogen-bond donors (Lipinski definition) is 1. The molecule has 3 nitrogen and oxygen atoms in total. The van der Waals surface area contributed by atoms with Crippen LogP contribution in [0.1, 0.15) is 22.8 Å². The monoisotopic (exact) mass is 224 g/mol. The summed E-state index contributed by atoms with van der Waals surface area (Å²) >= 11 is 0. The van der Waals surface area contributed by atoms with Crippen LogP contribution in [0.15, 0.2) is 18.2 Å². The molecule has 0 radical (unpaired) electrons. The van der Waals surface area contributed by atoms with E-state index in [1.54, 1.807) is 24.9 Å². The zero-order chi connectivity index (χ0) is 12.3. The third-order valence-corrected chi connectivity index (χ3v) is 2.73. The van der Waals surface area contributed by atoms with Crippen LogP contribution in [0.3, 0.4) is 0 Å². The van der Waals surface area contributed by atoms with Gasteiger partial charge in [0.05, 0.1) is 0 Å². The van der Waals surface area contributed by atoms with E-state index < -0.39 is 0 Å². The van der Waals surface area contributed by atoms with Gasteiger partial charge in [0.25, 0.3) is 5.91 Å². The highest BCUT2D eigenvalue weighted by atomic mass is 19.1. The Morgan fingerprint density at radius 1 is 1.56 bits per heavy atom. The summed E-state index contributed by atoms with van der Waals surface area (Å²) in [7, 11) is 1.69. The minimum atomic E-state index is -0.300. The van der Waals surface area contributed by atoms with E-state index in [2.05, 4.69) is 0 Å². The van der Waals surface area contributed by atoms with Crippen molar-refractivity contribution in [1.82, 2.24) is 4.90 Å². The third kappa shape index (κ3) is 2.58. The van der Waals surface area contributed by atoms with Gasteiger partial charge in [0.2, 0.25) is 0 Å². The van der Waals surface area contributed by atoms with Gasteiger partial charge in [-0.3, -0.25) is 4.79 Å². The van der Waals surface area contributed by atoms with Gasteiger partial charge in [0, 0.05) is 25.2 Å². The standard InChI is InChI=1S/C12H17FN2O/c1-8-6-10(4-5-11(8)13)12(16)15(3)9(2)7-14/h4-6,9H,7,14H2,1-3H3. The Hall–Kier alpha value is -1.42. The van der Waals surface area contributed by atoms with E-state index in [9.17, 15) is 9.18 Å². The molecule has 1 amide bonds. The zero-order valence-electron chi connectivity index (χ0n) is 9.83. The SMILES string of the molecule is Cc1cc(C(=O)N(C)C(C)CN)ccc1F. The second kappa shape index (κ2) is 5.07. The van der Waals surface area contributed by atoms with E-state index in [-0.39, 0.29) is 17.8 Å². The Labute approximate surface area is 95.0 Å². The minimum Gasteiger partial charge on any atom is -0.338 e. The summed E-state index contributed by atoms with van der Waals surface area (Å²) < 4.78 is 13.0. The molecule has 16 heavy (non-hydrogen) atoms. The van der Waals surface area contributed by atoms with Crippen molar-refractivity contribution >= 4 is 5.91 Å². The molecule has 2 N–H and O–H groups in total. The first-order valence-electron chi connectivity index (χ1n) is 5.20. The number of aryl methyl sites for hydroxylation is 1. The van der Waals surface area contributed by atoms with Crippen molar-refractivity contribution in [2.24, 2.45) is 5.73 Å². The molecule has 4 heteroatoms. The van der Waals surface area contributed by atoms with E-state index in [0.717, 1.165) is 0 Å². The normalized spacial score (nSPS) is 12.3. The van der Waals surface area contributed by atoms with Crippen molar-refractivity contribution in [3.05, 3.63) is 35.1 Å². The fourth-order valence-corrected chi connectivity index (χ4v) is 1.34. The summed E-state index contributed by atoms with van der Waals surface area (Å²) in [6.45, 7) is 3.91. The number of nitrogens with two attached hydrogens (primary N) is 1. The molecule has 0 aliphatic heterocycles. The van der Waals surface area contributed by atoms with Crippen molar-refractivity contribution in [1.29, 1.82) is 0 Å². The predicted octanol–water partition coefficient (Wildman–Crippen LogP) is 1.55. The van der Waals surface area contributed by atoms with Gasteiger partial charge in [0.1, 0.15) is 5.82 Å². The fourth-order valence-electron chi connectivity index (χ4n) is 1.34. The highest BCUT2D eigenvalue weighted by Crippen LogP contribution is 2.12. The molecule has 1 unspecified atom stereocenters. The van der Waals surface area contributed by atoms with Gasteiger partial charge in [-0.05, 0) is 37.6 Å². The average molecular weight is 224 g/mol. The van der Waals surface area contributed by atoms with Gasteiger partial charge >= 0.3 is 0 Å². The maximum absolute atomic E-state index is 13.0. The molecule has 0 heterocycles. The molecule has 0 spiro atoms. The summed E-state index contributed by atoms with van der Waals surface area (Å²) in [4.78, 5) is 13.5. The van der Waals surface area contributed by atoms with Crippen molar-refractivity contribution in [3.8, 4) is 0 Å². The molecule has 1 rings (SSSR count). The van der Waals surface area contributed by atoms with Crippen LogP contribution in [0, 0.1) is 12.7 Å². The first kappa shape index (κ1) is 12.6. The fraction of sp³-hybridized carbons (Fsp3) is 0.417. The van der Waals surface area contributed by atoms with E-state index in [1.165, 1.54) is 12.1 Å². The van der Waals surface area contributed by atoms with E-state index >= 15 is 0 Å². The van der Waals surface area contributed by atoms with Gasteiger partial charge in [-0.2, -0.15) is 0 Å². The van der Waals surface area contributed by atoms with Crippen LogP contribution in [-0.2, 0) is 0 Å². The van der Waals surface area contributed by atoms with E-state index in [1.807, 2.05) is 6.92 Å². The summed E-state index contributed by atoms with van der Waals surface area (Å²) in [5.41, 5.74) is 6.45. The molecule has 88 valence electrons. The quantitative estimate of drug-likeness (QED) is 0.846. The number of rotatable bonds is 3. The molecular weight excluding hydrogens is 207 g/mol. The molecule has 0 aliphatic rings. The number of halogens is 1. The number of amides is 1. The maximum Gasteiger partial charge on any atom is 0.253 e. The first-order valence-corrected chi connectivity index (χ1v) is 5.20. The maximum atomic E-state index is 13.0. The number of carbonyl (C=O) groups excluding carboxylic acids is 1. The van der Waals surface area contributed by atoms with Gasteiger partial charge in [0.15, 0.2) is 0 Å². The lowest BCUT2D eigenvalue weighted by Gasteiger charge is -2.23. The van der Waals surface area contributed by atoms with Gasteiger partial charge < -0.3 is 10.6 Å². The van der Waals surface area contributed by atoms with Crippen molar-refractivity contribution in [2.75, 3.05) is 13.6 Å². The second-order valence-corrected chi connectivity index (χ2v) is 3.96. The number of carbonyl (C=O) groups is 1. The smallest absolute Gasteiger partial charge is 0.253 e. The molecule has 0 bridgehead atoms. The lowest BCUT2D eigenvalue weighted by atomic mass is 10.1. The number of benzene rings is 1. The first-order chi connectivity index (χ1) is 7.47. The average Bonchev–Trinajstić information content (AvgIpc) is 2.29. The Morgan fingerprint density at radius 2 is 2.19 bits per heavy atom. The van der Waals surface area contributed by atoms with Crippen LogP contribution >= 0.6 is 0 Å². The van der Waals surface area contributed by atoms with Crippen LogP contribution in [0.5, 0.6) is 0 Å². The van der Waals surface area contributed by atoms with Crippen LogP contribution in [-0.4, -0.2) is 30.4 Å². The second-order valence-electron chi connectivity index (χ2n) is 3.96. The van der Waals surface area contributed by atoms with Gasteiger partial charge in [-0.15, -0.1) is 0 Å². The molecule has 0 fully saturated rings. The summed E-state index contributed by atoms with van der Waals surface area (Å²) in [6.07, 6.45) is 0. The molecule has 1 aromatic rings. The predicted molar refractivity (Wildman–Crippen MR) is 61.7 cm³/mol. The van der Waals surface area contributed by atoms with E-state index in [0.29, 0.717) is 17.7 Å². The molecule has 0 aromatic heterocycles. The largest absolute Gasteiger partial charge is 0.338 e. The molecule has 0 aliphatic carbocycles. The topological polar surface area (TPSA) is 46.3 Å². The Kier molecular flexibility index (Phi) is 4.01. The van der Waals surface area contributed by atoms with Crippen molar-refractivity contribution in [2.45, 2.75) is 19.9 Å². The minimum absolute atomic E-state index is 0.0298. The molecular formula is C12H17FN2O. The van der Waals surface area contributed by atoms with Crippen molar-refractivity contribution in [3.63, 3.8) is 0 Å². The van der Waals surface area contributed by atoms with Crippen LogP contribution < -0.4 is 5.73 Å². The summed E-state index contributed by atoms with van der Waals surface area (Å²) in [6, 6.07) is 4.32. The Bertz CT molecular complexity index is 393. The highest BCUT2D eigenvalue weighted by molar-refractivity contribution is 5.94. The van der Waals surface area contributed by atoms with E-state index in [4.69, 9.17) is 5.73 Å². The lowest BCUT2D eigenvalue weighted by molar-refractivity contribution is 0.0748. The van der Waals surface area contributed by atoms with Crippen LogP contribution in [0.4, 0.5) is 4.39 Å². The third-order valence-electron chi connectivity index (χ3n) is 2.73. The Morgan fingerprint density at radius 3 is 2.69 bits per heavy atom.